The van der Waals surface area contributed by atoms with Gasteiger partial charge in [0.25, 0.3) is 0 Å². The fraction of sp³-hybridized carbons (Fsp3) is 0.458. The number of anilines is 1. The third kappa shape index (κ3) is 5.61. The monoisotopic (exact) mass is 460 g/mol. The van der Waals surface area contributed by atoms with Gasteiger partial charge in [0.15, 0.2) is 11.5 Å². The summed E-state index contributed by atoms with van der Waals surface area (Å²) in [5.41, 5.74) is 1.98. The van der Waals surface area contributed by atoms with Crippen LogP contribution in [-0.2, 0) is 21.2 Å². The van der Waals surface area contributed by atoms with Crippen molar-refractivity contribution in [3.05, 3.63) is 48.0 Å². The van der Waals surface area contributed by atoms with Crippen molar-refractivity contribution in [1.82, 2.24) is 4.31 Å². The molecule has 3 rings (SSSR count). The molecule has 2 aromatic rings. The highest BCUT2D eigenvalue weighted by atomic mass is 32.2. The number of amides is 1. The van der Waals surface area contributed by atoms with Gasteiger partial charge in [0.2, 0.25) is 15.9 Å². The molecule has 1 saturated heterocycles. The van der Waals surface area contributed by atoms with Gasteiger partial charge in [-0.05, 0) is 55.5 Å². The second kappa shape index (κ2) is 10.8. The average molecular weight is 461 g/mol. The van der Waals surface area contributed by atoms with Crippen LogP contribution < -0.4 is 14.8 Å². The van der Waals surface area contributed by atoms with E-state index < -0.39 is 15.9 Å². The zero-order valence-corrected chi connectivity index (χ0v) is 19.8. The van der Waals surface area contributed by atoms with Crippen LogP contribution in [0.2, 0.25) is 0 Å². The van der Waals surface area contributed by atoms with Crippen LogP contribution in [0.4, 0.5) is 5.69 Å². The Balaban J connectivity index is 1.68. The Morgan fingerprint density at radius 3 is 2.47 bits per heavy atom. The summed E-state index contributed by atoms with van der Waals surface area (Å²) in [6.07, 6.45) is 4.58. The van der Waals surface area contributed by atoms with Gasteiger partial charge in [0, 0.05) is 24.8 Å². The van der Waals surface area contributed by atoms with Crippen molar-refractivity contribution in [3.63, 3.8) is 0 Å². The molecular weight excluding hydrogens is 428 g/mol. The highest BCUT2D eigenvalue weighted by Gasteiger charge is 2.33. The van der Waals surface area contributed by atoms with E-state index in [1.54, 1.807) is 6.07 Å². The molecule has 0 aliphatic carbocycles. The molecule has 1 fully saturated rings. The largest absolute Gasteiger partial charge is 0.493 e. The van der Waals surface area contributed by atoms with Gasteiger partial charge in [0.1, 0.15) is 0 Å². The van der Waals surface area contributed by atoms with Crippen LogP contribution in [0.3, 0.4) is 0 Å². The molecule has 1 aliphatic heterocycles. The minimum Gasteiger partial charge on any atom is -0.493 e. The summed E-state index contributed by atoms with van der Waals surface area (Å²) in [5, 5.41) is 2.94. The summed E-state index contributed by atoms with van der Waals surface area (Å²) in [7, 11) is -0.793. The molecule has 0 unspecified atom stereocenters. The maximum atomic E-state index is 13.2. The van der Waals surface area contributed by atoms with Crippen LogP contribution in [0.5, 0.6) is 11.5 Å². The normalized spacial score (nSPS) is 17.0. The summed E-state index contributed by atoms with van der Waals surface area (Å²) >= 11 is 0. The molecule has 2 aromatic carbocycles. The van der Waals surface area contributed by atoms with Crippen LogP contribution in [-0.4, -0.2) is 45.9 Å². The first-order valence-electron chi connectivity index (χ1n) is 11.0. The van der Waals surface area contributed by atoms with Crippen molar-refractivity contribution in [2.75, 3.05) is 32.6 Å². The number of carbonyl (C=O) groups excluding carboxylic acids is 1. The van der Waals surface area contributed by atoms with Crippen molar-refractivity contribution in [3.8, 4) is 11.5 Å². The topological polar surface area (TPSA) is 84.9 Å². The number of sulfonamides is 1. The van der Waals surface area contributed by atoms with Crippen LogP contribution in [0.15, 0.2) is 47.4 Å². The molecule has 8 heteroatoms. The molecule has 1 aliphatic rings. The summed E-state index contributed by atoms with van der Waals surface area (Å²) < 4.78 is 38.2. The molecule has 1 atom stereocenters. The van der Waals surface area contributed by atoms with Gasteiger partial charge in [0.05, 0.1) is 25.0 Å². The number of rotatable bonds is 9. The molecule has 174 valence electrons. The number of piperidine rings is 1. The Bertz CT molecular complexity index is 1020. The predicted octanol–water partition coefficient (Wildman–Crippen LogP) is 4.09. The van der Waals surface area contributed by atoms with Gasteiger partial charge < -0.3 is 14.8 Å². The number of aryl methyl sites for hydroxylation is 1. The lowest BCUT2D eigenvalue weighted by atomic mass is 9.98. The molecule has 0 aromatic heterocycles. The number of ether oxygens (including phenoxy) is 2. The number of nitrogens with zero attached hydrogens (tertiary/aromatic N) is 1. The van der Waals surface area contributed by atoms with Crippen molar-refractivity contribution < 1.29 is 22.7 Å². The zero-order chi connectivity index (χ0) is 23.1. The van der Waals surface area contributed by atoms with Crippen molar-refractivity contribution in [2.45, 2.75) is 43.9 Å². The Labute approximate surface area is 190 Å². The number of carbonyl (C=O) groups is 1. The molecular formula is C24H32N2O5S. The van der Waals surface area contributed by atoms with Gasteiger partial charge in [-0.3, -0.25) is 4.79 Å². The van der Waals surface area contributed by atoms with E-state index in [-0.39, 0.29) is 17.3 Å². The van der Waals surface area contributed by atoms with E-state index in [0.717, 1.165) is 24.9 Å². The molecule has 32 heavy (non-hydrogen) atoms. The minimum absolute atomic E-state index is 0.124. The summed E-state index contributed by atoms with van der Waals surface area (Å²) in [6.45, 7) is 2.69. The quantitative estimate of drug-likeness (QED) is 0.609. The third-order valence-corrected chi connectivity index (χ3v) is 7.65. The predicted molar refractivity (Wildman–Crippen MR) is 125 cm³/mol. The van der Waals surface area contributed by atoms with E-state index in [1.165, 1.54) is 36.2 Å². The molecule has 0 bridgehead atoms. The van der Waals surface area contributed by atoms with Crippen LogP contribution in [0.25, 0.3) is 0 Å². The summed E-state index contributed by atoms with van der Waals surface area (Å²) in [6, 6.07) is 12.4. The number of hydrogen-bond donors (Lipinski definition) is 1. The first-order valence-corrected chi connectivity index (χ1v) is 12.4. The number of unbranched alkanes of at least 4 members (excludes halogenated alkanes) is 1. The Kier molecular flexibility index (Phi) is 8.15. The van der Waals surface area contributed by atoms with Gasteiger partial charge in [-0.1, -0.05) is 25.5 Å². The number of benzene rings is 2. The molecule has 1 N–H and O–H groups in total. The summed E-state index contributed by atoms with van der Waals surface area (Å²) in [5.74, 6) is 0.252. The van der Waals surface area contributed by atoms with Crippen LogP contribution >= 0.6 is 0 Å². The Hall–Kier alpha value is -2.58. The molecule has 0 saturated carbocycles. The zero-order valence-electron chi connectivity index (χ0n) is 19.0. The Morgan fingerprint density at radius 1 is 1.09 bits per heavy atom. The maximum Gasteiger partial charge on any atom is 0.243 e. The van der Waals surface area contributed by atoms with E-state index in [9.17, 15) is 13.2 Å². The fourth-order valence-corrected chi connectivity index (χ4v) is 5.42. The minimum atomic E-state index is -3.76. The molecule has 0 radical (unpaired) electrons. The number of nitrogens with one attached hydrogen (secondary N) is 1. The van der Waals surface area contributed by atoms with Crippen LogP contribution in [0, 0.1) is 5.92 Å². The molecule has 0 spiro atoms. The number of methoxy groups -OCH3 is 2. The number of hydrogen-bond acceptors (Lipinski definition) is 5. The van der Waals surface area contributed by atoms with Crippen molar-refractivity contribution in [2.24, 2.45) is 5.92 Å². The highest BCUT2D eigenvalue weighted by Crippen LogP contribution is 2.32. The Morgan fingerprint density at radius 2 is 1.81 bits per heavy atom. The lowest BCUT2D eigenvalue weighted by molar-refractivity contribution is -0.120. The van der Waals surface area contributed by atoms with E-state index in [0.29, 0.717) is 30.9 Å². The fourth-order valence-electron chi connectivity index (χ4n) is 3.88. The second-order valence-electron chi connectivity index (χ2n) is 8.01. The summed E-state index contributed by atoms with van der Waals surface area (Å²) in [4.78, 5) is 13.0. The molecule has 1 amide bonds. The van der Waals surface area contributed by atoms with Crippen molar-refractivity contribution in [1.29, 1.82) is 0 Å². The van der Waals surface area contributed by atoms with E-state index in [1.807, 2.05) is 24.3 Å². The SMILES string of the molecule is CCCCc1ccc(NC(=O)[C@@H]2CCCN(S(=O)(=O)c3ccc(OC)c(OC)c3)C2)cc1. The third-order valence-electron chi connectivity index (χ3n) is 5.79. The smallest absolute Gasteiger partial charge is 0.243 e. The van der Waals surface area contributed by atoms with Gasteiger partial charge in [-0.25, -0.2) is 8.42 Å². The van der Waals surface area contributed by atoms with Gasteiger partial charge in [-0.2, -0.15) is 4.31 Å². The molecule has 1 heterocycles. The standard InChI is InChI=1S/C24H32N2O5S/c1-4-5-7-18-9-11-20(12-10-18)25-24(27)19-8-6-15-26(17-19)32(28,29)21-13-14-22(30-2)23(16-21)31-3/h9-14,16,19H,4-8,15,17H2,1-3H3,(H,25,27)/t19-/m1/s1. The van der Waals surface area contributed by atoms with E-state index in [2.05, 4.69) is 12.2 Å². The van der Waals surface area contributed by atoms with Crippen LogP contribution in [0.1, 0.15) is 38.2 Å². The van der Waals surface area contributed by atoms with Gasteiger partial charge >= 0.3 is 0 Å². The first-order chi connectivity index (χ1) is 15.4. The second-order valence-corrected chi connectivity index (χ2v) is 9.95. The first kappa shape index (κ1) is 24.1. The van der Waals surface area contributed by atoms with Crippen molar-refractivity contribution >= 4 is 21.6 Å². The maximum absolute atomic E-state index is 13.2. The van der Waals surface area contributed by atoms with Gasteiger partial charge in [-0.15, -0.1) is 0 Å². The molecule has 7 nitrogen and oxygen atoms in total. The van der Waals surface area contributed by atoms with E-state index >= 15 is 0 Å². The average Bonchev–Trinajstić information content (AvgIpc) is 2.83. The van der Waals surface area contributed by atoms with E-state index in [4.69, 9.17) is 9.47 Å². The highest BCUT2D eigenvalue weighted by molar-refractivity contribution is 7.89. The lowest BCUT2D eigenvalue weighted by Gasteiger charge is -2.31. The lowest BCUT2D eigenvalue weighted by Crippen LogP contribution is -2.43.